The van der Waals surface area contributed by atoms with Crippen molar-refractivity contribution >= 4 is 15.8 Å². The standard InChI is InChI=1S/C10H20N2O3S/c1-8(2)10(13)9(11-3)6-7-12(4)16(5,14)15/h9,11H,1,6-7H2,2-5H3. The van der Waals surface area contributed by atoms with Gasteiger partial charge in [0.1, 0.15) is 0 Å². The molecule has 0 radical (unpaired) electrons. The summed E-state index contributed by atoms with van der Waals surface area (Å²) in [5.74, 6) is -0.0793. The number of ketones is 1. The molecule has 0 amide bonds. The van der Waals surface area contributed by atoms with Crippen molar-refractivity contribution in [3.63, 3.8) is 0 Å². The van der Waals surface area contributed by atoms with E-state index in [2.05, 4.69) is 11.9 Å². The number of rotatable bonds is 7. The van der Waals surface area contributed by atoms with E-state index in [1.54, 1.807) is 14.0 Å². The van der Waals surface area contributed by atoms with Gasteiger partial charge in [0.15, 0.2) is 5.78 Å². The van der Waals surface area contributed by atoms with Gasteiger partial charge in [-0.25, -0.2) is 12.7 Å². The second kappa shape index (κ2) is 6.12. The highest BCUT2D eigenvalue weighted by atomic mass is 32.2. The maximum absolute atomic E-state index is 11.6. The van der Waals surface area contributed by atoms with Crippen LogP contribution in [0.15, 0.2) is 12.2 Å². The third-order valence-corrected chi connectivity index (χ3v) is 3.70. The average Bonchev–Trinajstić information content (AvgIpc) is 2.16. The number of hydrogen-bond acceptors (Lipinski definition) is 4. The van der Waals surface area contributed by atoms with Crippen molar-refractivity contribution in [3.8, 4) is 0 Å². The summed E-state index contributed by atoms with van der Waals surface area (Å²) in [6, 6.07) is -0.373. The number of likely N-dealkylation sites (N-methyl/N-ethyl adjacent to an activating group) is 1. The third-order valence-electron chi connectivity index (χ3n) is 2.38. The van der Waals surface area contributed by atoms with Crippen LogP contribution in [0.2, 0.25) is 0 Å². The Labute approximate surface area is 97.6 Å². The van der Waals surface area contributed by atoms with E-state index in [4.69, 9.17) is 0 Å². The Bertz CT molecular complexity index is 362. The zero-order valence-electron chi connectivity index (χ0n) is 10.3. The smallest absolute Gasteiger partial charge is 0.210 e. The molecule has 0 aromatic carbocycles. The molecule has 16 heavy (non-hydrogen) atoms. The summed E-state index contributed by atoms with van der Waals surface area (Å²) in [5.41, 5.74) is 0.473. The summed E-state index contributed by atoms with van der Waals surface area (Å²) in [7, 11) is -0.0149. The summed E-state index contributed by atoms with van der Waals surface area (Å²) < 4.78 is 23.5. The molecule has 0 spiro atoms. The van der Waals surface area contributed by atoms with Crippen LogP contribution in [0.5, 0.6) is 0 Å². The van der Waals surface area contributed by atoms with Crippen LogP contribution < -0.4 is 5.32 Å². The van der Waals surface area contributed by atoms with E-state index in [1.807, 2.05) is 0 Å². The topological polar surface area (TPSA) is 66.5 Å². The van der Waals surface area contributed by atoms with Gasteiger partial charge < -0.3 is 5.32 Å². The molecule has 94 valence electrons. The van der Waals surface area contributed by atoms with Gasteiger partial charge in [0.05, 0.1) is 12.3 Å². The molecule has 0 bridgehead atoms. The van der Waals surface area contributed by atoms with Gasteiger partial charge in [-0.1, -0.05) is 6.58 Å². The van der Waals surface area contributed by atoms with E-state index in [0.29, 0.717) is 18.5 Å². The summed E-state index contributed by atoms with van der Waals surface area (Å²) in [6.45, 7) is 5.53. The fourth-order valence-electron chi connectivity index (χ4n) is 1.18. The first-order valence-electron chi connectivity index (χ1n) is 4.98. The Morgan fingerprint density at radius 2 is 2.00 bits per heavy atom. The molecule has 1 atom stereocenters. The maximum Gasteiger partial charge on any atom is 0.210 e. The predicted octanol–water partition coefficient (Wildman–Crippen LogP) is 0.00110. The Morgan fingerprint density at radius 3 is 2.31 bits per heavy atom. The first-order chi connectivity index (χ1) is 7.20. The van der Waals surface area contributed by atoms with Crippen molar-refractivity contribution in [1.29, 1.82) is 0 Å². The number of hydrogen-bond donors (Lipinski definition) is 1. The SMILES string of the molecule is C=C(C)C(=O)C(CCN(C)S(C)(=O)=O)NC. The van der Waals surface area contributed by atoms with E-state index >= 15 is 0 Å². The lowest BCUT2D eigenvalue weighted by Gasteiger charge is -2.19. The number of carbonyl (C=O) groups is 1. The lowest BCUT2D eigenvalue weighted by Crippen LogP contribution is -2.38. The highest BCUT2D eigenvalue weighted by molar-refractivity contribution is 7.88. The molecular formula is C10H20N2O3S. The van der Waals surface area contributed by atoms with E-state index < -0.39 is 10.0 Å². The Morgan fingerprint density at radius 1 is 1.50 bits per heavy atom. The molecule has 0 aliphatic carbocycles. The lowest BCUT2D eigenvalue weighted by molar-refractivity contribution is -0.117. The molecule has 5 nitrogen and oxygen atoms in total. The fourth-order valence-corrected chi connectivity index (χ4v) is 1.62. The third kappa shape index (κ3) is 4.87. The summed E-state index contributed by atoms with van der Waals surface area (Å²) >= 11 is 0. The van der Waals surface area contributed by atoms with Crippen LogP contribution in [0.1, 0.15) is 13.3 Å². The van der Waals surface area contributed by atoms with Crippen LogP contribution in [-0.2, 0) is 14.8 Å². The van der Waals surface area contributed by atoms with Gasteiger partial charge in [-0.05, 0) is 26.0 Å². The van der Waals surface area contributed by atoms with E-state index in [-0.39, 0.29) is 11.8 Å². The normalized spacial score (nSPS) is 13.8. The Hall–Kier alpha value is -0.720. The van der Waals surface area contributed by atoms with Crippen molar-refractivity contribution in [2.75, 3.05) is 26.9 Å². The van der Waals surface area contributed by atoms with Crippen molar-refractivity contribution in [1.82, 2.24) is 9.62 Å². The van der Waals surface area contributed by atoms with Gasteiger partial charge >= 0.3 is 0 Å². The second-order valence-corrected chi connectivity index (χ2v) is 5.95. The molecule has 0 fully saturated rings. The van der Waals surface area contributed by atoms with Crippen LogP contribution in [0.25, 0.3) is 0 Å². The quantitative estimate of drug-likeness (QED) is 0.644. The number of sulfonamides is 1. The predicted molar refractivity (Wildman–Crippen MR) is 64.8 cm³/mol. The van der Waals surface area contributed by atoms with Crippen LogP contribution in [-0.4, -0.2) is 51.4 Å². The van der Waals surface area contributed by atoms with Gasteiger partial charge in [0, 0.05) is 13.6 Å². The van der Waals surface area contributed by atoms with Crippen molar-refractivity contribution in [2.45, 2.75) is 19.4 Å². The molecular weight excluding hydrogens is 228 g/mol. The summed E-state index contributed by atoms with van der Waals surface area (Å²) in [4.78, 5) is 11.6. The molecule has 0 heterocycles. The number of nitrogens with zero attached hydrogens (tertiary/aromatic N) is 1. The highest BCUT2D eigenvalue weighted by Crippen LogP contribution is 2.04. The zero-order valence-corrected chi connectivity index (χ0v) is 11.1. The van der Waals surface area contributed by atoms with Crippen LogP contribution >= 0.6 is 0 Å². The minimum Gasteiger partial charge on any atom is -0.310 e. The van der Waals surface area contributed by atoms with Crippen LogP contribution in [0.4, 0.5) is 0 Å². The van der Waals surface area contributed by atoms with Crippen molar-refractivity contribution in [2.24, 2.45) is 0 Å². The molecule has 1 unspecified atom stereocenters. The van der Waals surface area contributed by atoms with Crippen molar-refractivity contribution in [3.05, 3.63) is 12.2 Å². The number of nitrogens with one attached hydrogen (secondary N) is 1. The first-order valence-corrected chi connectivity index (χ1v) is 6.83. The molecule has 0 aliphatic heterocycles. The Balaban J connectivity index is 4.38. The van der Waals surface area contributed by atoms with E-state index in [0.717, 1.165) is 6.26 Å². The van der Waals surface area contributed by atoms with E-state index in [1.165, 1.54) is 11.4 Å². The largest absolute Gasteiger partial charge is 0.310 e. The monoisotopic (exact) mass is 248 g/mol. The van der Waals surface area contributed by atoms with Gasteiger partial charge in [-0.15, -0.1) is 0 Å². The van der Waals surface area contributed by atoms with E-state index in [9.17, 15) is 13.2 Å². The molecule has 6 heteroatoms. The summed E-state index contributed by atoms with van der Waals surface area (Å²) in [5, 5.41) is 2.86. The molecule has 0 saturated carbocycles. The van der Waals surface area contributed by atoms with Gasteiger partial charge in [0.2, 0.25) is 10.0 Å². The van der Waals surface area contributed by atoms with Crippen LogP contribution in [0, 0.1) is 0 Å². The van der Waals surface area contributed by atoms with Gasteiger partial charge in [-0.3, -0.25) is 4.79 Å². The highest BCUT2D eigenvalue weighted by Gasteiger charge is 2.19. The molecule has 0 aromatic heterocycles. The van der Waals surface area contributed by atoms with Crippen molar-refractivity contribution < 1.29 is 13.2 Å². The second-order valence-electron chi connectivity index (χ2n) is 3.86. The van der Waals surface area contributed by atoms with Gasteiger partial charge in [-0.2, -0.15) is 0 Å². The minimum atomic E-state index is -3.18. The number of Topliss-reactive ketones (excluding diaryl/α,β-unsaturated/α-hetero) is 1. The molecule has 0 aromatic rings. The minimum absolute atomic E-state index is 0.0793. The maximum atomic E-state index is 11.6. The molecule has 1 N–H and O–H groups in total. The molecule has 0 rings (SSSR count). The summed E-state index contributed by atoms with van der Waals surface area (Å²) in [6.07, 6.45) is 1.58. The molecule has 0 aliphatic rings. The average molecular weight is 248 g/mol. The first kappa shape index (κ1) is 15.3. The molecule has 0 saturated heterocycles. The van der Waals surface area contributed by atoms with Crippen LogP contribution in [0.3, 0.4) is 0 Å². The lowest BCUT2D eigenvalue weighted by atomic mass is 10.0. The zero-order chi connectivity index (χ0) is 12.9. The van der Waals surface area contributed by atoms with Gasteiger partial charge in [0.25, 0.3) is 0 Å². The fraction of sp³-hybridized carbons (Fsp3) is 0.700. The number of carbonyl (C=O) groups excluding carboxylic acids is 1. The Kier molecular flexibility index (Phi) is 5.85.